The first-order valence-electron chi connectivity index (χ1n) is 8.92. The largest absolute Gasteiger partial charge is 0.573 e. The van der Waals surface area contributed by atoms with Crippen molar-refractivity contribution in [3.63, 3.8) is 0 Å². The molecule has 2 aliphatic rings. The van der Waals surface area contributed by atoms with Crippen LogP contribution in [0.3, 0.4) is 0 Å². The van der Waals surface area contributed by atoms with E-state index in [0.29, 0.717) is 31.9 Å². The molecule has 0 spiro atoms. The number of carbonyl (C=O) groups excluding carboxylic acids is 2. The molecule has 2 amide bonds. The molecule has 1 unspecified atom stereocenters. The van der Waals surface area contributed by atoms with E-state index < -0.39 is 12.4 Å². The molecule has 1 saturated heterocycles. The maximum atomic E-state index is 12.4. The van der Waals surface area contributed by atoms with E-state index in [1.807, 2.05) is 9.80 Å². The van der Waals surface area contributed by atoms with Crippen LogP contribution in [-0.2, 0) is 9.59 Å². The number of ether oxygens (including phenoxy) is 1. The minimum Gasteiger partial charge on any atom is -0.406 e. The van der Waals surface area contributed by atoms with Crippen LogP contribution < -0.4 is 10.1 Å². The molecule has 1 heterocycles. The molecule has 3 rings (SSSR count). The van der Waals surface area contributed by atoms with Crippen molar-refractivity contribution in [3.8, 4) is 5.75 Å². The second-order valence-electron chi connectivity index (χ2n) is 6.87. The van der Waals surface area contributed by atoms with Crippen LogP contribution in [0, 0.1) is 5.92 Å². The van der Waals surface area contributed by atoms with E-state index in [-0.39, 0.29) is 23.5 Å². The first-order valence-corrected chi connectivity index (χ1v) is 8.92. The maximum Gasteiger partial charge on any atom is 0.573 e. The molecule has 0 radical (unpaired) electrons. The molecule has 148 valence electrons. The molecule has 1 N–H and O–H groups in total. The van der Waals surface area contributed by atoms with Crippen LogP contribution in [0.25, 0.3) is 0 Å². The number of hydrogen-bond acceptors (Lipinski definition) is 4. The Labute approximate surface area is 155 Å². The molecule has 1 saturated carbocycles. The highest BCUT2D eigenvalue weighted by atomic mass is 19.4. The van der Waals surface area contributed by atoms with E-state index in [9.17, 15) is 22.8 Å². The fourth-order valence-corrected chi connectivity index (χ4v) is 3.07. The Morgan fingerprint density at radius 1 is 1.11 bits per heavy atom. The van der Waals surface area contributed by atoms with E-state index >= 15 is 0 Å². The summed E-state index contributed by atoms with van der Waals surface area (Å²) in [6.07, 6.45) is -2.79. The van der Waals surface area contributed by atoms with Crippen molar-refractivity contribution in [2.75, 3.05) is 31.5 Å². The lowest BCUT2D eigenvalue weighted by molar-refractivity contribution is -0.274. The van der Waals surface area contributed by atoms with Gasteiger partial charge in [0.25, 0.3) is 0 Å². The van der Waals surface area contributed by atoms with Gasteiger partial charge >= 0.3 is 6.36 Å². The van der Waals surface area contributed by atoms with E-state index in [4.69, 9.17) is 0 Å². The van der Waals surface area contributed by atoms with Crippen molar-refractivity contribution in [3.05, 3.63) is 24.3 Å². The Kier molecular flexibility index (Phi) is 5.59. The number of piperazine rings is 1. The molecular weight excluding hydrogens is 363 g/mol. The van der Waals surface area contributed by atoms with Crippen molar-refractivity contribution in [2.24, 2.45) is 5.92 Å². The highest BCUT2D eigenvalue weighted by molar-refractivity contribution is 5.94. The van der Waals surface area contributed by atoms with Crippen molar-refractivity contribution < 1.29 is 27.5 Å². The van der Waals surface area contributed by atoms with Gasteiger partial charge in [-0.1, -0.05) is 0 Å². The predicted molar refractivity (Wildman–Crippen MR) is 92.1 cm³/mol. The van der Waals surface area contributed by atoms with Crippen LogP contribution in [-0.4, -0.2) is 60.2 Å². The monoisotopic (exact) mass is 385 g/mol. The van der Waals surface area contributed by atoms with Crippen LogP contribution in [0.15, 0.2) is 24.3 Å². The van der Waals surface area contributed by atoms with Crippen LogP contribution in [0.1, 0.15) is 19.8 Å². The molecule has 0 bridgehead atoms. The molecule has 9 heteroatoms. The van der Waals surface area contributed by atoms with Gasteiger partial charge in [0.05, 0.1) is 6.04 Å². The maximum absolute atomic E-state index is 12.4. The number of benzene rings is 1. The lowest BCUT2D eigenvalue weighted by atomic mass is 10.2. The minimum atomic E-state index is -4.75. The number of halogens is 3. The van der Waals surface area contributed by atoms with Gasteiger partial charge in [0, 0.05) is 37.8 Å². The SMILES string of the molecule is CC(C(=O)Nc1ccc(OC(F)(F)F)cc1)N1CCN(C(=O)C2CC2)CC1. The lowest BCUT2D eigenvalue weighted by Gasteiger charge is -2.37. The van der Waals surface area contributed by atoms with Crippen molar-refractivity contribution in [1.82, 2.24) is 9.80 Å². The molecule has 1 aromatic rings. The summed E-state index contributed by atoms with van der Waals surface area (Å²) in [6.45, 7) is 4.22. The zero-order valence-corrected chi connectivity index (χ0v) is 15.0. The molecule has 0 aromatic heterocycles. The summed E-state index contributed by atoms with van der Waals surface area (Å²) in [7, 11) is 0. The Bertz CT molecular complexity index is 681. The fraction of sp³-hybridized carbons (Fsp3) is 0.556. The molecule has 1 aliphatic carbocycles. The average Bonchev–Trinajstić information content (AvgIpc) is 3.46. The number of carbonyl (C=O) groups is 2. The molecular formula is C18H22F3N3O3. The second kappa shape index (κ2) is 7.75. The molecule has 1 atom stereocenters. The zero-order chi connectivity index (χ0) is 19.6. The number of anilines is 1. The van der Waals surface area contributed by atoms with Gasteiger partial charge in [-0.25, -0.2) is 0 Å². The highest BCUT2D eigenvalue weighted by Crippen LogP contribution is 2.31. The van der Waals surface area contributed by atoms with Gasteiger partial charge in [0.15, 0.2) is 0 Å². The first kappa shape index (κ1) is 19.5. The number of nitrogens with zero attached hydrogens (tertiary/aromatic N) is 2. The van der Waals surface area contributed by atoms with Crippen LogP contribution in [0.5, 0.6) is 5.75 Å². The Morgan fingerprint density at radius 3 is 2.22 bits per heavy atom. The first-order chi connectivity index (χ1) is 12.7. The Balaban J connectivity index is 1.48. The van der Waals surface area contributed by atoms with E-state index in [1.54, 1.807) is 6.92 Å². The third-order valence-corrected chi connectivity index (χ3v) is 4.84. The van der Waals surface area contributed by atoms with Crippen molar-refractivity contribution >= 4 is 17.5 Å². The summed E-state index contributed by atoms with van der Waals surface area (Å²) < 4.78 is 40.3. The quantitative estimate of drug-likeness (QED) is 0.846. The van der Waals surface area contributed by atoms with Crippen LogP contribution in [0.2, 0.25) is 0 Å². The summed E-state index contributed by atoms with van der Waals surface area (Å²) in [5.74, 6) is -0.180. The molecule has 1 aliphatic heterocycles. The summed E-state index contributed by atoms with van der Waals surface area (Å²) in [4.78, 5) is 28.3. The van der Waals surface area contributed by atoms with Gasteiger partial charge in [-0.15, -0.1) is 13.2 Å². The average molecular weight is 385 g/mol. The minimum absolute atomic E-state index is 0.196. The molecule has 27 heavy (non-hydrogen) atoms. The Hall–Kier alpha value is -2.29. The smallest absolute Gasteiger partial charge is 0.406 e. The number of amides is 2. The molecule has 2 fully saturated rings. The predicted octanol–water partition coefficient (Wildman–Crippen LogP) is 2.47. The number of rotatable bonds is 5. The zero-order valence-electron chi connectivity index (χ0n) is 15.0. The third-order valence-electron chi connectivity index (χ3n) is 4.84. The van der Waals surface area contributed by atoms with Gasteiger partial charge in [-0.2, -0.15) is 0 Å². The molecule has 6 nitrogen and oxygen atoms in total. The van der Waals surface area contributed by atoms with E-state index in [0.717, 1.165) is 25.0 Å². The van der Waals surface area contributed by atoms with Gasteiger partial charge in [-0.3, -0.25) is 14.5 Å². The highest BCUT2D eigenvalue weighted by Gasteiger charge is 2.35. The Morgan fingerprint density at radius 2 is 1.70 bits per heavy atom. The summed E-state index contributed by atoms with van der Waals surface area (Å²) in [6, 6.07) is 4.61. The van der Waals surface area contributed by atoms with Crippen molar-refractivity contribution in [2.45, 2.75) is 32.2 Å². The number of nitrogens with one attached hydrogen (secondary N) is 1. The van der Waals surface area contributed by atoms with E-state index in [1.165, 1.54) is 12.1 Å². The van der Waals surface area contributed by atoms with Crippen LogP contribution >= 0.6 is 0 Å². The summed E-state index contributed by atoms with van der Waals surface area (Å²) in [5, 5.41) is 2.69. The summed E-state index contributed by atoms with van der Waals surface area (Å²) >= 11 is 0. The van der Waals surface area contributed by atoms with E-state index in [2.05, 4.69) is 10.1 Å². The molecule has 1 aromatic carbocycles. The van der Waals surface area contributed by atoms with Gasteiger partial charge in [0.1, 0.15) is 5.75 Å². The fourth-order valence-electron chi connectivity index (χ4n) is 3.07. The van der Waals surface area contributed by atoms with Gasteiger partial charge < -0.3 is 15.0 Å². The third kappa shape index (κ3) is 5.35. The topological polar surface area (TPSA) is 61.9 Å². The number of hydrogen-bond donors (Lipinski definition) is 1. The number of alkyl halides is 3. The summed E-state index contributed by atoms with van der Waals surface area (Å²) in [5.41, 5.74) is 0.393. The van der Waals surface area contributed by atoms with Gasteiger partial charge in [-0.05, 0) is 44.0 Å². The van der Waals surface area contributed by atoms with Crippen molar-refractivity contribution in [1.29, 1.82) is 0 Å². The van der Waals surface area contributed by atoms with Gasteiger partial charge in [0.2, 0.25) is 11.8 Å². The normalized spacial score (nSPS) is 19.5. The standard InChI is InChI=1S/C18H22F3N3O3/c1-12(23-8-10-24(11-9-23)17(26)13-2-3-13)16(25)22-14-4-6-15(7-5-14)27-18(19,20)21/h4-7,12-13H,2-3,8-11H2,1H3,(H,22,25). The lowest BCUT2D eigenvalue weighted by Crippen LogP contribution is -2.54. The van der Waals surface area contributed by atoms with Crippen LogP contribution in [0.4, 0.5) is 18.9 Å². The second-order valence-corrected chi connectivity index (χ2v) is 6.87.